The van der Waals surface area contributed by atoms with Gasteiger partial charge < -0.3 is 20.3 Å². The SMILES string of the molecule is CCCCN(C(=O)C(C)NC(=O)OC(C)(C)C)C(C(=O)NC1CCCCC1)c1cccc(C)c1C. The number of aryl methyl sites for hydroxylation is 1. The average Bonchev–Trinajstić information content (AvgIpc) is 2.77. The molecule has 0 radical (unpaired) electrons. The van der Waals surface area contributed by atoms with E-state index in [0.29, 0.717) is 6.54 Å². The number of carbonyl (C=O) groups is 3. The van der Waals surface area contributed by atoms with Gasteiger partial charge in [-0.15, -0.1) is 0 Å². The van der Waals surface area contributed by atoms with Crippen molar-refractivity contribution in [3.05, 3.63) is 34.9 Å². The molecule has 1 aromatic rings. The largest absolute Gasteiger partial charge is 0.444 e. The van der Waals surface area contributed by atoms with E-state index in [4.69, 9.17) is 4.74 Å². The number of rotatable bonds is 9. The second-order valence-corrected chi connectivity index (χ2v) is 10.8. The lowest BCUT2D eigenvalue weighted by Crippen LogP contribution is -2.53. The van der Waals surface area contributed by atoms with Crippen molar-refractivity contribution < 1.29 is 19.1 Å². The van der Waals surface area contributed by atoms with Crippen molar-refractivity contribution in [2.24, 2.45) is 0 Å². The summed E-state index contributed by atoms with van der Waals surface area (Å²) < 4.78 is 5.35. The molecular weight excluding hydrogens is 442 g/mol. The molecule has 0 bridgehead atoms. The third-order valence-electron chi connectivity index (χ3n) is 6.59. The first-order valence-electron chi connectivity index (χ1n) is 13.1. The molecule has 7 nitrogen and oxygen atoms in total. The van der Waals surface area contributed by atoms with Gasteiger partial charge in [-0.3, -0.25) is 9.59 Å². The van der Waals surface area contributed by atoms with Gasteiger partial charge in [0.2, 0.25) is 11.8 Å². The maximum Gasteiger partial charge on any atom is 0.408 e. The van der Waals surface area contributed by atoms with Crippen LogP contribution in [0, 0.1) is 13.8 Å². The van der Waals surface area contributed by atoms with E-state index >= 15 is 0 Å². The van der Waals surface area contributed by atoms with Crippen LogP contribution in [0.5, 0.6) is 0 Å². The third-order valence-corrected chi connectivity index (χ3v) is 6.59. The van der Waals surface area contributed by atoms with Gasteiger partial charge >= 0.3 is 6.09 Å². The van der Waals surface area contributed by atoms with Crippen LogP contribution in [0.3, 0.4) is 0 Å². The summed E-state index contributed by atoms with van der Waals surface area (Å²) in [5.41, 5.74) is 2.22. The Hall–Kier alpha value is -2.57. The van der Waals surface area contributed by atoms with Crippen LogP contribution in [0.2, 0.25) is 0 Å². The quantitative estimate of drug-likeness (QED) is 0.492. The fourth-order valence-electron chi connectivity index (χ4n) is 4.54. The number of amides is 3. The topological polar surface area (TPSA) is 87.7 Å². The number of nitrogens with one attached hydrogen (secondary N) is 2. The maximum atomic E-state index is 13.8. The van der Waals surface area contributed by atoms with E-state index in [-0.39, 0.29) is 17.9 Å². The van der Waals surface area contributed by atoms with Crippen molar-refractivity contribution in [1.29, 1.82) is 0 Å². The minimum atomic E-state index is -0.836. The molecule has 0 heterocycles. The maximum absolute atomic E-state index is 13.8. The van der Waals surface area contributed by atoms with E-state index in [1.807, 2.05) is 32.0 Å². The Kier molecular flexibility index (Phi) is 10.6. The Labute approximate surface area is 211 Å². The number of alkyl carbamates (subject to hydrolysis) is 1. The highest BCUT2D eigenvalue weighted by molar-refractivity contribution is 5.92. The van der Waals surface area contributed by atoms with E-state index in [0.717, 1.165) is 55.2 Å². The summed E-state index contributed by atoms with van der Waals surface area (Å²) in [7, 11) is 0. The number of hydrogen-bond acceptors (Lipinski definition) is 4. The number of benzene rings is 1. The van der Waals surface area contributed by atoms with Gasteiger partial charge in [-0.25, -0.2) is 4.79 Å². The van der Waals surface area contributed by atoms with Crippen LogP contribution in [-0.4, -0.2) is 47.0 Å². The number of nitrogens with zero attached hydrogens (tertiary/aromatic N) is 1. The van der Waals surface area contributed by atoms with Crippen molar-refractivity contribution in [2.45, 2.75) is 117 Å². The highest BCUT2D eigenvalue weighted by atomic mass is 16.6. The first kappa shape index (κ1) is 28.7. The van der Waals surface area contributed by atoms with Crippen LogP contribution >= 0.6 is 0 Å². The zero-order valence-corrected chi connectivity index (χ0v) is 22.7. The molecule has 0 aliphatic heterocycles. The molecule has 2 unspecified atom stereocenters. The minimum absolute atomic E-state index is 0.129. The average molecular weight is 488 g/mol. The van der Waals surface area contributed by atoms with Gasteiger partial charge in [0.05, 0.1) is 0 Å². The van der Waals surface area contributed by atoms with Crippen molar-refractivity contribution in [1.82, 2.24) is 15.5 Å². The Morgan fingerprint density at radius 2 is 1.77 bits per heavy atom. The van der Waals surface area contributed by atoms with E-state index in [2.05, 4.69) is 17.6 Å². The highest BCUT2D eigenvalue weighted by Crippen LogP contribution is 2.29. The lowest BCUT2D eigenvalue weighted by Gasteiger charge is -2.36. The standard InChI is InChI=1S/C28H45N3O4/c1-8-9-18-31(26(33)21(4)29-27(34)35-28(5,6)7)24(23-17-13-14-19(2)20(23)3)25(32)30-22-15-11-10-12-16-22/h13-14,17,21-22,24H,8-12,15-16,18H2,1-7H3,(H,29,34)(H,30,32). The van der Waals surface area contributed by atoms with E-state index in [9.17, 15) is 14.4 Å². The zero-order chi connectivity index (χ0) is 26.2. The summed E-state index contributed by atoms with van der Waals surface area (Å²) in [6.45, 7) is 13.5. The van der Waals surface area contributed by atoms with Gasteiger partial charge in [0.25, 0.3) is 0 Å². The molecule has 0 spiro atoms. The number of carbonyl (C=O) groups excluding carboxylic acids is 3. The smallest absolute Gasteiger partial charge is 0.408 e. The Morgan fingerprint density at radius 1 is 1.11 bits per heavy atom. The number of ether oxygens (including phenoxy) is 1. The molecule has 1 saturated carbocycles. The van der Waals surface area contributed by atoms with Crippen LogP contribution < -0.4 is 10.6 Å². The molecule has 1 aliphatic rings. The zero-order valence-electron chi connectivity index (χ0n) is 22.7. The van der Waals surface area contributed by atoms with Gasteiger partial charge in [-0.05, 0) is 77.5 Å². The third kappa shape index (κ3) is 8.55. The van der Waals surface area contributed by atoms with E-state index in [1.165, 1.54) is 6.42 Å². The summed E-state index contributed by atoms with van der Waals surface area (Å²) in [6.07, 6.45) is 6.31. The predicted octanol–water partition coefficient (Wildman–Crippen LogP) is 5.34. The molecule has 2 N–H and O–H groups in total. The fourth-order valence-corrected chi connectivity index (χ4v) is 4.54. The van der Waals surface area contributed by atoms with Crippen molar-refractivity contribution in [3.63, 3.8) is 0 Å². The lowest BCUT2D eigenvalue weighted by molar-refractivity contribution is -0.142. The molecule has 0 aromatic heterocycles. The van der Waals surface area contributed by atoms with Crippen molar-refractivity contribution in [2.75, 3.05) is 6.54 Å². The summed E-state index contributed by atoms with van der Waals surface area (Å²) in [5.74, 6) is -0.450. The molecule has 196 valence electrons. The fraction of sp³-hybridized carbons (Fsp3) is 0.679. The predicted molar refractivity (Wildman–Crippen MR) is 139 cm³/mol. The van der Waals surface area contributed by atoms with Crippen molar-refractivity contribution >= 4 is 17.9 Å². The van der Waals surface area contributed by atoms with E-state index < -0.39 is 23.8 Å². The van der Waals surface area contributed by atoms with Gasteiger partial charge in [-0.2, -0.15) is 0 Å². The van der Waals surface area contributed by atoms with Crippen LogP contribution in [0.4, 0.5) is 4.79 Å². The molecule has 0 saturated heterocycles. The summed E-state index contributed by atoms with van der Waals surface area (Å²) >= 11 is 0. The van der Waals surface area contributed by atoms with Crippen LogP contribution in [-0.2, 0) is 14.3 Å². The van der Waals surface area contributed by atoms with Gasteiger partial charge in [0, 0.05) is 12.6 Å². The first-order chi connectivity index (χ1) is 16.4. The molecule has 1 aliphatic carbocycles. The van der Waals surface area contributed by atoms with E-state index in [1.54, 1.807) is 32.6 Å². The molecular formula is C28H45N3O4. The number of hydrogen-bond donors (Lipinski definition) is 2. The van der Waals surface area contributed by atoms with Crippen LogP contribution in [0.25, 0.3) is 0 Å². The molecule has 2 atom stereocenters. The lowest BCUT2D eigenvalue weighted by atomic mass is 9.92. The molecule has 2 rings (SSSR count). The van der Waals surface area contributed by atoms with Crippen molar-refractivity contribution in [3.8, 4) is 0 Å². The second kappa shape index (κ2) is 12.9. The molecule has 35 heavy (non-hydrogen) atoms. The second-order valence-electron chi connectivity index (χ2n) is 10.8. The number of unbranched alkanes of at least 4 members (excludes halogenated alkanes) is 1. The highest BCUT2D eigenvalue weighted by Gasteiger charge is 2.36. The molecule has 1 aromatic carbocycles. The summed E-state index contributed by atoms with van der Waals surface area (Å²) in [6, 6.07) is 4.41. The molecule has 1 fully saturated rings. The summed E-state index contributed by atoms with van der Waals surface area (Å²) in [4.78, 5) is 41.5. The van der Waals surface area contributed by atoms with Gasteiger partial charge in [-0.1, -0.05) is 50.8 Å². The van der Waals surface area contributed by atoms with Crippen LogP contribution in [0.1, 0.15) is 102 Å². The summed E-state index contributed by atoms with van der Waals surface area (Å²) in [5, 5.41) is 5.90. The normalized spacial score (nSPS) is 16.2. The monoisotopic (exact) mass is 487 g/mol. The Morgan fingerprint density at radius 3 is 2.37 bits per heavy atom. The first-order valence-corrected chi connectivity index (χ1v) is 13.1. The Bertz CT molecular complexity index is 871. The molecule has 3 amide bonds. The van der Waals surface area contributed by atoms with Crippen LogP contribution in [0.15, 0.2) is 18.2 Å². The minimum Gasteiger partial charge on any atom is -0.444 e. The Balaban J connectivity index is 2.39. The molecule has 7 heteroatoms. The van der Waals surface area contributed by atoms with Gasteiger partial charge in [0.15, 0.2) is 0 Å². The van der Waals surface area contributed by atoms with Gasteiger partial charge in [0.1, 0.15) is 17.7 Å².